The fourth-order valence-electron chi connectivity index (χ4n) is 3.21. The van der Waals surface area contributed by atoms with Crippen molar-refractivity contribution in [1.82, 2.24) is 5.32 Å². The lowest BCUT2D eigenvalue weighted by Crippen LogP contribution is -2.33. The number of carbonyl (C=O) groups is 1. The summed E-state index contributed by atoms with van der Waals surface area (Å²) in [6.07, 6.45) is 8.71. The van der Waals surface area contributed by atoms with E-state index in [2.05, 4.69) is 12.2 Å². The van der Waals surface area contributed by atoms with Crippen LogP contribution in [-0.2, 0) is 4.79 Å². The van der Waals surface area contributed by atoms with Crippen LogP contribution in [0.5, 0.6) is 0 Å². The maximum Gasteiger partial charge on any atom is 0.220 e. The van der Waals surface area contributed by atoms with Gasteiger partial charge in [-0.2, -0.15) is 0 Å². The van der Waals surface area contributed by atoms with Gasteiger partial charge in [0.2, 0.25) is 5.91 Å². The van der Waals surface area contributed by atoms with Crippen LogP contribution >= 0.6 is 0 Å². The van der Waals surface area contributed by atoms with Crippen LogP contribution in [0.1, 0.15) is 64.7 Å². The normalized spacial score (nSPS) is 24.4. The maximum atomic E-state index is 11.9. The van der Waals surface area contributed by atoms with Gasteiger partial charge in [0, 0.05) is 13.0 Å². The summed E-state index contributed by atoms with van der Waals surface area (Å²) in [6.45, 7) is 3.62. The second-order valence-electron chi connectivity index (χ2n) is 6.26. The summed E-state index contributed by atoms with van der Waals surface area (Å²) < 4.78 is 0. The summed E-state index contributed by atoms with van der Waals surface area (Å²) >= 11 is 0. The maximum absolute atomic E-state index is 11.9. The van der Waals surface area contributed by atoms with Crippen LogP contribution in [-0.4, -0.2) is 30.2 Å². The van der Waals surface area contributed by atoms with Crippen molar-refractivity contribution in [2.45, 2.75) is 70.8 Å². The van der Waals surface area contributed by atoms with Gasteiger partial charge in [-0.25, -0.2) is 0 Å². The van der Waals surface area contributed by atoms with Gasteiger partial charge < -0.3 is 16.2 Å². The lowest BCUT2D eigenvalue weighted by Gasteiger charge is -2.26. The first kappa shape index (κ1) is 17.4. The van der Waals surface area contributed by atoms with E-state index in [1.165, 1.54) is 6.42 Å². The topological polar surface area (TPSA) is 75.4 Å². The molecule has 1 fully saturated rings. The minimum absolute atomic E-state index is 0.156. The van der Waals surface area contributed by atoms with E-state index in [4.69, 9.17) is 5.73 Å². The van der Waals surface area contributed by atoms with Gasteiger partial charge in [0.15, 0.2) is 0 Å². The Kier molecular flexibility index (Phi) is 8.86. The molecule has 1 rings (SSSR count). The van der Waals surface area contributed by atoms with E-state index in [1.54, 1.807) is 0 Å². The Morgan fingerprint density at radius 2 is 2.15 bits per heavy atom. The van der Waals surface area contributed by atoms with Crippen molar-refractivity contribution in [2.75, 3.05) is 13.1 Å². The number of rotatable bonds is 9. The first-order valence-electron chi connectivity index (χ1n) is 8.30. The zero-order valence-corrected chi connectivity index (χ0v) is 12.9. The Hall–Kier alpha value is -0.610. The summed E-state index contributed by atoms with van der Waals surface area (Å²) in [5.74, 6) is 1.20. The van der Waals surface area contributed by atoms with Crippen molar-refractivity contribution >= 4 is 5.91 Å². The van der Waals surface area contributed by atoms with E-state index in [9.17, 15) is 9.90 Å². The molecule has 0 aromatic carbocycles. The number of nitrogens with two attached hydrogens (primary N) is 1. The molecule has 1 amide bonds. The van der Waals surface area contributed by atoms with Crippen molar-refractivity contribution < 1.29 is 9.90 Å². The molecule has 1 aliphatic rings. The molecular weight excluding hydrogens is 252 g/mol. The van der Waals surface area contributed by atoms with Crippen LogP contribution in [0.3, 0.4) is 0 Å². The van der Waals surface area contributed by atoms with Crippen LogP contribution in [0.15, 0.2) is 0 Å². The third-order valence-electron chi connectivity index (χ3n) is 4.39. The summed E-state index contributed by atoms with van der Waals surface area (Å²) in [4.78, 5) is 11.9. The highest BCUT2D eigenvalue weighted by molar-refractivity contribution is 5.75. The van der Waals surface area contributed by atoms with Crippen LogP contribution in [0, 0.1) is 11.8 Å². The van der Waals surface area contributed by atoms with Crippen LogP contribution < -0.4 is 11.1 Å². The van der Waals surface area contributed by atoms with Gasteiger partial charge in [-0.15, -0.1) is 0 Å². The molecular formula is C16H32N2O2. The standard InChI is InChI=1S/C16H32N2O2/c1-2-4-13(9-10-17)7-8-16(20)18-12-14-5-3-6-15(19)11-14/h13-15,19H,2-12,17H2,1H3,(H,18,20). The number of aliphatic hydroxyl groups excluding tert-OH is 1. The van der Waals surface area contributed by atoms with Crippen LogP contribution in [0.2, 0.25) is 0 Å². The molecule has 0 aromatic heterocycles. The van der Waals surface area contributed by atoms with E-state index >= 15 is 0 Å². The summed E-state index contributed by atoms with van der Waals surface area (Å²) in [7, 11) is 0. The molecule has 20 heavy (non-hydrogen) atoms. The number of carbonyl (C=O) groups excluding carboxylic acids is 1. The van der Waals surface area contributed by atoms with Gasteiger partial charge in [-0.05, 0) is 50.5 Å². The molecule has 0 aromatic rings. The van der Waals surface area contributed by atoms with Gasteiger partial charge in [0.1, 0.15) is 0 Å². The third kappa shape index (κ3) is 7.25. The highest BCUT2D eigenvalue weighted by Crippen LogP contribution is 2.23. The van der Waals surface area contributed by atoms with Crippen LogP contribution in [0.25, 0.3) is 0 Å². The SMILES string of the molecule is CCCC(CCN)CCC(=O)NCC1CCCC(O)C1. The molecule has 4 N–H and O–H groups in total. The Bertz CT molecular complexity index is 254. The molecule has 1 aliphatic carbocycles. The second-order valence-corrected chi connectivity index (χ2v) is 6.26. The monoisotopic (exact) mass is 284 g/mol. The number of nitrogens with one attached hydrogen (secondary N) is 1. The van der Waals surface area contributed by atoms with Crippen molar-refractivity contribution in [1.29, 1.82) is 0 Å². The molecule has 1 saturated carbocycles. The zero-order valence-electron chi connectivity index (χ0n) is 12.9. The Morgan fingerprint density at radius 1 is 1.35 bits per heavy atom. The first-order chi connectivity index (χ1) is 9.65. The van der Waals surface area contributed by atoms with Gasteiger partial charge >= 0.3 is 0 Å². The minimum atomic E-state index is -0.163. The zero-order chi connectivity index (χ0) is 14.8. The number of amides is 1. The predicted molar refractivity (Wildman–Crippen MR) is 82.3 cm³/mol. The highest BCUT2D eigenvalue weighted by Gasteiger charge is 2.20. The molecule has 4 heteroatoms. The van der Waals surface area contributed by atoms with Crippen molar-refractivity contribution in [3.63, 3.8) is 0 Å². The number of hydrogen-bond acceptors (Lipinski definition) is 3. The predicted octanol–water partition coefficient (Wildman–Crippen LogP) is 2.20. The molecule has 118 valence electrons. The summed E-state index contributed by atoms with van der Waals surface area (Å²) in [6, 6.07) is 0. The quantitative estimate of drug-likeness (QED) is 0.607. The minimum Gasteiger partial charge on any atom is -0.393 e. The summed E-state index contributed by atoms with van der Waals surface area (Å²) in [5, 5.41) is 12.6. The first-order valence-corrected chi connectivity index (χ1v) is 8.30. The Morgan fingerprint density at radius 3 is 2.80 bits per heavy atom. The second kappa shape index (κ2) is 10.2. The third-order valence-corrected chi connectivity index (χ3v) is 4.39. The van der Waals surface area contributed by atoms with Crippen LogP contribution in [0.4, 0.5) is 0 Å². The van der Waals surface area contributed by atoms with E-state index in [0.29, 0.717) is 24.8 Å². The molecule has 0 radical (unpaired) electrons. The lowest BCUT2D eigenvalue weighted by molar-refractivity contribution is -0.121. The van der Waals surface area contributed by atoms with E-state index in [0.717, 1.165) is 51.5 Å². The fraction of sp³-hybridized carbons (Fsp3) is 0.938. The molecule has 0 bridgehead atoms. The molecule has 4 nitrogen and oxygen atoms in total. The Balaban J connectivity index is 2.15. The van der Waals surface area contributed by atoms with E-state index in [-0.39, 0.29) is 12.0 Å². The molecule has 0 spiro atoms. The smallest absolute Gasteiger partial charge is 0.220 e. The largest absolute Gasteiger partial charge is 0.393 e. The number of hydrogen-bond donors (Lipinski definition) is 3. The fourth-order valence-corrected chi connectivity index (χ4v) is 3.21. The van der Waals surface area contributed by atoms with Gasteiger partial charge in [-0.1, -0.05) is 26.2 Å². The summed E-state index contributed by atoms with van der Waals surface area (Å²) in [5.41, 5.74) is 5.61. The van der Waals surface area contributed by atoms with E-state index < -0.39 is 0 Å². The van der Waals surface area contributed by atoms with Crippen molar-refractivity contribution in [3.8, 4) is 0 Å². The van der Waals surface area contributed by atoms with Gasteiger partial charge in [-0.3, -0.25) is 4.79 Å². The van der Waals surface area contributed by atoms with Gasteiger partial charge in [0.05, 0.1) is 6.10 Å². The molecule has 3 atom stereocenters. The van der Waals surface area contributed by atoms with Gasteiger partial charge in [0.25, 0.3) is 0 Å². The van der Waals surface area contributed by atoms with E-state index in [1.807, 2.05) is 0 Å². The average Bonchev–Trinajstić information content (AvgIpc) is 2.43. The molecule has 0 aliphatic heterocycles. The van der Waals surface area contributed by atoms with Crippen molar-refractivity contribution in [2.24, 2.45) is 17.6 Å². The Labute approximate surface area is 123 Å². The highest BCUT2D eigenvalue weighted by atomic mass is 16.3. The van der Waals surface area contributed by atoms with Crippen molar-refractivity contribution in [3.05, 3.63) is 0 Å². The number of aliphatic hydroxyl groups is 1. The average molecular weight is 284 g/mol. The lowest BCUT2D eigenvalue weighted by atomic mass is 9.87. The molecule has 0 saturated heterocycles. The molecule has 0 heterocycles. The molecule has 3 unspecified atom stereocenters.